The Morgan fingerprint density at radius 2 is 1.83 bits per heavy atom. The standard InChI is InChI=1S/C15H15F3N4O/c16-15(17,18)11-9-10(12-2-4-14(23)21-20-12)1-3-13(11)22-7-5-19-6-8-22/h1-4,9,19H,5-8H2,(H,21,23). The number of rotatable bonds is 2. The number of hydrogen-bond donors (Lipinski definition) is 2. The largest absolute Gasteiger partial charge is 0.418 e. The van der Waals surface area contributed by atoms with E-state index < -0.39 is 17.3 Å². The average molecular weight is 324 g/mol. The van der Waals surface area contributed by atoms with Crippen LogP contribution in [-0.2, 0) is 6.18 Å². The fourth-order valence-electron chi connectivity index (χ4n) is 2.61. The van der Waals surface area contributed by atoms with E-state index in [1.165, 1.54) is 18.2 Å². The van der Waals surface area contributed by atoms with E-state index in [0.29, 0.717) is 37.4 Å². The molecule has 2 heterocycles. The topological polar surface area (TPSA) is 61.0 Å². The van der Waals surface area contributed by atoms with Crippen LogP contribution < -0.4 is 15.8 Å². The van der Waals surface area contributed by atoms with Gasteiger partial charge >= 0.3 is 6.18 Å². The molecule has 5 nitrogen and oxygen atoms in total. The van der Waals surface area contributed by atoms with Crippen LogP contribution in [0.1, 0.15) is 5.56 Å². The Bertz CT molecular complexity index is 731. The van der Waals surface area contributed by atoms with Crippen LogP contribution in [0.5, 0.6) is 0 Å². The third-order valence-electron chi connectivity index (χ3n) is 3.73. The molecule has 1 aliphatic heterocycles. The van der Waals surface area contributed by atoms with E-state index in [1.54, 1.807) is 11.0 Å². The van der Waals surface area contributed by atoms with Gasteiger partial charge in [0.2, 0.25) is 0 Å². The Morgan fingerprint density at radius 3 is 2.43 bits per heavy atom. The first-order valence-electron chi connectivity index (χ1n) is 7.18. The average Bonchev–Trinajstić information content (AvgIpc) is 2.55. The second-order valence-electron chi connectivity index (χ2n) is 5.27. The third-order valence-corrected chi connectivity index (χ3v) is 3.73. The number of anilines is 1. The molecular weight excluding hydrogens is 309 g/mol. The van der Waals surface area contributed by atoms with E-state index >= 15 is 0 Å². The van der Waals surface area contributed by atoms with Crippen molar-refractivity contribution in [1.29, 1.82) is 0 Å². The van der Waals surface area contributed by atoms with Crippen LogP contribution in [0.2, 0.25) is 0 Å². The van der Waals surface area contributed by atoms with Gasteiger partial charge < -0.3 is 10.2 Å². The number of halogens is 3. The van der Waals surface area contributed by atoms with Crippen LogP contribution >= 0.6 is 0 Å². The van der Waals surface area contributed by atoms with Crippen LogP contribution in [0.15, 0.2) is 35.1 Å². The highest BCUT2D eigenvalue weighted by atomic mass is 19.4. The minimum absolute atomic E-state index is 0.173. The molecule has 1 fully saturated rings. The zero-order valence-corrected chi connectivity index (χ0v) is 12.2. The van der Waals surface area contributed by atoms with E-state index in [-0.39, 0.29) is 5.69 Å². The normalized spacial score (nSPS) is 15.7. The molecule has 23 heavy (non-hydrogen) atoms. The van der Waals surface area contributed by atoms with Gasteiger partial charge in [-0.15, -0.1) is 0 Å². The summed E-state index contributed by atoms with van der Waals surface area (Å²) < 4.78 is 40.3. The smallest absolute Gasteiger partial charge is 0.368 e. The van der Waals surface area contributed by atoms with E-state index in [1.807, 2.05) is 0 Å². The fraction of sp³-hybridized carbons (Fsp3) is 0.333. The van der Waals surface area contributed by atoms with Crippen molar-refractivity contribution in [3.05, 3.63) is 46.2 Å². The van der Waals surface area contributed by atoms with Crippen molar-refractivity contribution in [2.75, 3.05) is 31.1 Å². The van der Waals surface area contributed by atoms with Crippen LogP contribution in [0.3, 0.4) is 0 Å². The fourth-order valence-corrected chi connectivity index (χ4v) is 2.61. The molecule has 2 N–H and O–H groups in total. The van der Waals surface area contributed by atoms with Crippen molar-refractivity contribution >= 4 is 5.69 Å². The zero-order valence-electron chi connectivity index (χ0n) is 12.2. The second kappa shape index (κ2) is 6.04. The Kier molecular flexibility index (Phi) is 4.08. The number of hydrogen-bond acceptors (Lipinski definition) is 4. The molecule has 0 amide bonds. The van der Waals surface area contributed by atoms with E-state index in [2.05, 4.69) is 15.5 Å². The molecule has 0 spiro atoms. The molecule has 1 aromatic heterocycles. The molecule has 1 saturated heterocycles. The van der Waals surface area contributed by atoms with Gasteiger partial charge in [-0.2, -0.15) is 18.3 Å². The van der Waals surface area contributed by atoms with Crippen molar-refractivity contribution in [3.63, 3.8) is 0 Å². The molecule has 1 aromatic carbocycles. The Hall–Kier alpha value is -2.35. The maximum Gasteiger partial charge on any atom is 0.418 e. The minimum Gasteiger partial charge on any atom is -0.368 e. The predicted octanol–water partition coefficient (Wildman–Crippen LogP) is 1.87. The number of nitrogens with zero attached hydrogens (tertiary/aromatic N) is 2. The zero-order chi connectivity index (χ0) is 16.4. The van der Waals surface area contributed by atoms with Gasteiger partial charge in [-0.05, 0) is 18.2 Å². The number of alkyl halides is 3. The second-order valence-corrected chi connectivity index (χ2v) is 5.27. The Labute approximate surface area is 130 Å². The van der Waals surface area contributed by atoms with E-state index in [4.69, 9.17) is 0 Å². The van der Waals surface area contributed by atoms with Crippen molar-refractivity contribution in [1.82, 2.24) is 15.5 Å². The number of nitrogens with one attached hydrogen (secondary N) is 2. The van der Waals surface area contributed by atoms with Gasteiger partial charge in [0.1, 0.15) is 0 Å². The van der Waals surface area contributed by atoms with Crippen molar-refractivity contribution < 1.29 is 13.2 Å². The van der Waals surface area contributed by atoms with Crippen LogP contribution in [0.4, 0.5) is 18.9 Å². The lowest BCUT2D eigenvalue weighted by molar-refractivity contribution is -0.137. The van der Waals surface area contributed by atoms with E-state index in [0.717, 1.165) is 6.07 Å². The molecule has 1 aliphatic rings. The summed E-state index contributed by atoms with van der Waals surface area (Å²) in [5.41, 5.74) is -0.311. The Balaban J connectivity index is 2.04. The van der Waals surface area contributed by atoms with Gasteiger partial charge in [0.25, 0.3) is 5.56 Å². The van der Waals surface area contributed by atoms with Gasteiger partial charge in [0.15, 0.2) is 0 Å². The number of benzene rings is 1. The van der Waals surface area contributed by atoms with Crippen molar-refractivity contribution in [3.8, 4) is 11.3 Å². The molecule has 8 heteroatoms. The summed E-state index contributed by atoms with van der Waals surface area (Å²) in [5, 5.41) is 9.13. The molecule has 2 aromatic rings. The summed E-state index contributed by atoms with van der Waals surface area (Å²) in [6.07, 6.45) is -4.46. The SMILES string of the molecule is O=c1ccc(-c2ccc(N3CCNCC3)c(C(F)(F)F)c2)n[nH]1. The summed E-state index contributed by atoms with van der Waals surface area (Å²) >= 11 is 0. The summed E-state index contributed by atoms with van der Waals surface area (Å²) in [6, 6.07) is 6.78. The lowest BCUT2D eigenvalue weighted by Gasteiger charge is -2.31. The number of H-pyrrole nitrogens is 1. The van der Waals surface area contributed by atoms with E-state index in [9.17, 15) is 18.0 Å². The van der Waals surface area contributed by atoms with Gasteiger partial charge in [0, 0.05) is 43.5 Å². The van der Waals surface area contributed by atoms with Gasteiger partial charge in [-0.1, -0.05) is 6.07 Å². The maximum absolute atomic E-state index is 13.4. The number of aromatic amines is 1. The molecule has 3 rings (SSSR count). The van der Waals surface area contributed by atoms with Gasteiger partial charge in [0.05, 0.1) is 11.3 Å². The quantitative estimate of drug-likeness (QED) is 0.885. The summed E-state index contributed by atoms with van der Waals surface area (Å²) in [7, 11) is 0. The molecule has 0 atom stereocenters. The highest BCUT2D eigenvalue weighted by Gasteiger charge is 2.35. The first kappa shape index (κ1) is 15.5. The van der Waals surface area contributed by atoms with Gasteiger partial charge in [-0.25, -0.2) is 5.10 Å². The third kappa shape index (κ3) is 3.37. The highest BCUT2D eigenvalue weighted by Crippen LogP contribution is 2.38. The lowest BCUT2D eigenvalue weighted by atomic mass is 10.0. The first-order chi connectivity index (χ1) is 10.9. The molecule has 0 saturated carbocycles. The van der Waals surface area contributed by atoms with Crippen molar-refractivity contribution in [2.24, 2.45) is 0 Å². The molecule has 0 radical (unpaired) electrons. The summed E-state index contributed by atoms with van der Waals surface area (Å²) in [6.45, 7) is 2.36. The summed E-state index contributed by atoms with van der Waals surface area (Å²) in [4.78, 5) is 12.8. The molecule has 0 bridgehead atoms. The number of piperazine rings is 1. The molecule has 122 valence electrons. The van der Waals surface area contributed by atoms with Crippen LogP contribution in [0.25, 0.3) is 11.3 Å². The van der Waals surface area contributed by atoms with Crippen LogP contribution in [0, 0.1) is 0 Å². The lowest BCUT2D eigenvalue weighted by Crippen LogP contribution is -2.44. The van der Waals surface area contributed by atoms with Crippen LogP contribution in [-0.4, -0.2) is 36.4 Å². The number of aromatic nitrogens is 2. The monoisotopic (exact) mass is 324 g/mol. The van der Waals surface area contributed by atoms with Crippen molar-refractivity contribution in [2.45, 2.75) is 6.18 Å². The molecule has 0 unspecified atom stereocenters. The van der Waals surface area contributed by atoms with Gasteiger partial charge in [-0.3, -0.25) is 4.79 Å². The first-order valence-corrected chi connectivity index (χ1v) is 7.18. The predicted molar refractivity (Wildman–Crippen MR) is 80.4 cm³/mol. The minimum atomic E-state index is -4.46. The highest BCUT2D eigenvalue weighted by molar-refractivity contribution is 5.67. The summed E-state index contributed by atoms with van der Waals surface area (Å²) in [5.74, 6) is 0. The maximum atomic E-state index is 13.4. The Morgan fingerprint density at radius 1 is 1.09 bits per heavy atom. The molecular formula is C15H15F3N4O. The molecule has 0 aliphatic carbocycles.